The van der Waals surface area contributed by atoms with Crippen molar-refractivity contribution >= 4 is 17.6 Å². The largest absolute Gasteiger partial charge is 0.494 e. The summed E-state index contributed by atoms with van der Waals surface area (Å²) in [6, 6.07) is 2.38. The lowest BCUT2D eigenvalue weighted by atomic mass is 9.98. The Morgan fingerprint density at radius 1 is 1.45 bits per heavy atom. The molecule has 1 aromatic carbocycles. The van der Waals surface area contributed by atoms with Crippen LogP contribution in [0.25, 0.3) is 0 Å². The summed E-state index contributed by atoms with van der Waals surface area (Å²) >= 11 is 0. The Hall–Kier alpha value is -2.31. The first-order valence-electron chi connectivity index (χ1n) is 7.11. The van der Waals surface area contributed by atoms with Gasteiger partial charge in [-0.25, -0.2) is 9.18 Å². The van der Waals surface area contributed by atoms with Gasteiger partial charge in [0.05, 0.1) is 13.0 Å². The van der Waals surface area contributed by atoms with E-state index in [0.717, 1.165) is 6.42 Å². The number of carbonyl (C=O) groups is 2. The van der Waals surface area contributed by atoms with Crippen LogP contribution in [0.3, 0.4) is 0 Å². The predicted octanol–water partition coefficient (Wildman–Crippen LogP) is 1.87. The van der Waals surface area contributed by atoms with E-state index in [-0.39, 0.29) is 17.7 Å². The minimum atomic E-state index is -0.544. The number of hydrogen-bond donors (Lipinski definition) is 2. The van der Waals surface area contributed by atoms with E-state index in [2.05, 4.69) is 5.32 Å². The number of likely N-dealkylation sites (tertiary alicyclic amines) is 1. The normalized spacial score (nSPS) is 18.0. The molecule has 3 N–H and O–H groups in total. The molecule has 120 valence electrons. The minimum absolute atomic E-state index is 0.127. The predicted molar refractivity (Wildman–Crippen MR) is 80.2 cm³/mol. The van der Waals surface area contributed by atoms with Crippen LogP contribution >= 0.6 is 0 Å². The van der Waals surface area contributed by atoms with Gasteiger partial charge in [-0.2, -0.15) is 0 Å². The van der Waals surface area contributed by atoms with Crippen LogP contribution in [0, 0.1) is 18.7 Å². The standard InChI is InChI=1S/C15H20FN3O3/c1-9-6-13(22-2)11(16)7-12(9)18-15(21)19-5-3-4-10(8-19)14(17)20/h6-7,10H,3-5,8H2,1-2H3,(H2,17,20)(H,18,21). The summed E-state index contributed by atoms with van der Waals surface area (Å²) in [5, 5.41) is 2.67. The van der Waals surface area contributed by atoms with Gasteiger partial charge < -0.3 is 20.7 Å². The van der Waals surface area contributed by atoms with E-state index in [1.807, 2.05) is 0 Å². The lowest BCUT2D eigenvalue weighted by Gasteiger charge is -2.31. The average Bonchev–Trinajstić information content (AvgIpc) is 2.50. The van der Waals surface area contributed by atoms with Gasteiger partial charge in [0.25, 0.3) is 0 Å². The van der Waals surface area contributed by atoms with E-state index in [4.69, 9.17) is 10.5 Å². The number of benzene rings is 1. The lowest BCUT2D eigenvalue weighted by molar-refractivity contribution is -0.123. The van der Waals surface area contributed by atoms with Crippen molar-refractivity contribution in [3.05, 3.63) is 23.5 Å². The molecule has 0 saturated carbocycles. The topological polar surface area (TPSA) is 84.7 Å². The molecular formula is C15H20FN3O3. The van der Waals surface area contributed by atoms with Gasteiger partial charge in [-0.1, -0.05) is 0 Å². The van der Waals surface area contributed by atoms with Gasteiger partial charge >= 0.3 is 6.03 Å². The van der Waals surface area contributed by atoms with Crippen LogP contribution in [0.15, 0.2) is 12.1 Å². The monoisotopic (exact) mass is 309 g/mol. The molecule has 1 aliphatic rings. The third kappa shape index (κ3) is 3.47. The number of nitrogens with zero attached hydrogens (tertiary/aromatic N) is 1. The van der Waals surface area contributed by atoms with Crippen molar-refractivity contribution in [2.24, 2.45) is 11.7 Å². The molecule has 0 aliphatic carbocycles. The van der Waals surface area contributed by atoms with Crippen molar-refractivity contribution in [2.45, 2.75) is 19.8 Å². The number of hydrogen-bond acceptors (Lipinski definition) is 3. The third-order valence-corrected chi connectivity index (χ3v) is 3.85. The third-order valence-electron chi connectivity index (χ3n) is 3.85. The molecule has 1 fully saturated rings. The molecule has 0 bridgehead atoms. The molecule has 6 nitrogen and oxygen atoms in total. The average molecular weight is 309 g/mol. The number of halogens is 1. The molecule has 1 saturated heterocycles. The molecule has 22 heavy (non-hydrogen) atoms. The van der Waals surface area contributed by atoms with E-state index < -0.39 is 11.7 Å². The maximum atomic E-state index is 13.7. The van der Waals surface area contributed by atoms with Crippen molar-refractivity contribution < 1.29 is 18.7 Å². The Morgan fingerprint density at radius 2 is 2.18 bits per heavy atom. The van der Waals surface area contributed by atoms with E-state index in [1.54, 1.807) is 6.92 Å². The molecule has 3 amide bonds. The molecule has 2 rings (SSSR count). The number of aryl methyl sites for hydroxylation is 1. The van der Waals surface area contributed by atoms with Crippen molar-refractivity contribution in [3.63, 3.8) is 0 Å². The van der Waals surface area contributed by atoms with Gasteiger partial charge in [0, 0.05) is 24.8 Å². The summed E-state index contributed by atoms with van der Waals surface area (Å²) in [6.07, 6.45) is 1.41. The number of amides is 3. The highest BCUT2D eigenvalue weighted by Gasteiger charge is 2.27. The van der Waals surface area contributed by atoms with Gasteiger partial charge in [0.2, 0.25) is 5.91 Å². The molecule has 0 spiro atoms. The summed E-state index contributed by atoms with van der Waals surface area (Å²) in [7, 11) is 1.38. The summed E-state index contributed by atoms with van der Waals surface area (Å²) < 4.78 is 18.6. The first-order chi connectivity index (χ1) is 10.4. The molecule has 1 atom stereocenters. The number of nitrogens with one attached hydrogen (secondary N) is 1. The molecule has 7 heteroatoms. The van der Waals surface area contributed by atoms with Gasteiger partial charge in [-0.05, 0) is 31.4 Å². The van der Waals surface area contributed by atoms with E-state index in [0.29, 0.717) is 30.8 Å². The molecule has 1 heterocycles. The number of carbonyl (C=O) groups excluding carboxylic acids is 2. The van der Waals surface area contributed by atoms with Crippen molar-refractivity contribution in [1.29, 1.82) is 0 Å². The van der Waals surface area contributed by atoms with E-state index >= 15 is 0 Å². The van der Waals surface area contributed by atoms with Gasteiger partial charge in [0.1, 0.15) is 0 Å². The summed E-state index contributed by atoms with van der Waals surface area (Å²) in [5.41, 5.74) is 6.37. The highest BCUT2D eigenvalue weighted by Crippen LogP contribution is 2.26. The number of methoxy groups -OCH3 is 1. The maximum Gasteiger partial charge on any atom is 0.321 e. The second kappa shape index (κ2) is 6.64. The number of rotatable bonds is 3. The van der Waals surface area contributed by atoms with Crippen LogP contribution < -0.4 is 15.8 Å². The van der Waals surface area contributed by atoms with Crippen molar-refractivity contribution in [1.82, 2.24) is 4.90 Å². The van der Waals surface area contributed by atoms with Gasteiger partial charge in [-0.15, -0.1) is 0 Å². The van der Waals surface area contributed by atoms with Crippen LogP contribution in [0.4, 0.5) is 14.9 Å². The smallest absolute Gasteiger partial charge is 0.321 e. The fourth-order valence-electron chi connectivity index (χ4n) is 2.53. The Balaban J connectivity index is 2.08. The summed E-state index contributed by atoms with van der Waals surface area (Å²) in [4.78, 5) is 25.0. The van der Waals surface area contributed by atoms with Gasteiger partial charge in [-0.3, -0.25) is 4.79 Å². The molecule has 1 unspecified atom stereocenters. The van der Waals surface area contributed by atoms with Crippen LogP contribution in [-0.2, 0) is 4.79 Å². The highest BCUT2D eigenvalue weighted by atomic mass is 19.1. The maximum absolute atomic E-state index is 13.7. The number of primary amides is 1. The summed E-state index contributed by atoms with van der Waals surface area (Å²) in [6.45, 7) is 2.59. The number of nitrogens with two attached hydrogens (primary N) is 1. The van der Waals surface area contributed by atoms with Crippen molar-refractivity contribution in [2.75, 3.05) is 25.5 Å². The SMILES string of the molecule is COc1cc(C)c(NC(=O)N2CCCC(C(N)=O)C2)cc1F. The van der Waals surface area contributed by atoms with Crippen molar-refractivity contribution in [3.8, 4) is 5.75 Å². The number of ether oxygens (including phenoxy) is 1. The fraction of sp³-hybridized carbons (Fsp3) is 0.467. The van der Waals surface area contributed by atoms with E-state index in [9.17, 15) is 14.0 Å². The van der Waals surface area contributed by atoms with E-state index in [1.165, 1.54) is 24.1 Å². The molecule has 0 radical (unpaired) electrons. The first-order valence-corrected chi connectivity index (χ1v) is 7.11. The molecule has 0 aromatic heterocycles. The highest BCUT2D eigenvalue weighted by molar-refractivity contribution is 5.91. The zero-order valence-corrected chi connectivity index (χ0v) is 12.7. The first kappa shape index (κ1) is 16.1. The van der Waals surface area contributed by atoms with Crippen LogP contribution in [0.5, 0.6) is 5.75 Å². The molecule has 1 aromatic rings. The Bertz CT molecular complexity index is 592. The second-order valence-corrected chi connectivity index (χ2v) is 5.42. The number of urea groups is 1. The van der Waals surface area contributed by atoms with Gasteiger partial charge in [0.15, 0.2) is 11.6 Å². The Labute approximate surface area is 128 Å². The number of anilines is 1. The zero-order chi connectivity index (χ0) is 16.3. The van der Waals surface area contributed by atoms with Crippen LogP contribution in [0.2, 0.25) is 0 Å². The van der Waals surface area contributed by atoms with Crippen LogP contribution in [-0.4, -0.2) is 37.0 Å². The minimum Gasteiger partial charge on any atom is -0.494 e. The molecule has 1 aliphatic heterocycles. The second-order valence-electron chi connectivity index (χ2n) is 5.42. The summed E-state index contributed by atoms with van der Waals surface area (Å²) in [5.74, 6) is -1.14. The van der Waals surface area contributed by atoms with Crippen LogP contribution in [0.1, 0.15) is 18.4 Å². The number of piperidine rings is 1. The molecular weight excluding hydrogens is 289 g/mol. The Morgan fingerprint density at radius 3 is 2.82 bits per heavy atom. The fourth-order valence-corrected chi connectivity index (χ4v) is 2.53. The zero-order valence-electron chi connectivity index (χ0n) is 12.7. The quantitative estimate of drug-likeness (QED) is 0.894. The lowest BCUT2D eigenvalue weighted by Crippen LogP contribution is -2.45. The Kier molecular flexibility index (Phi) is 4.85.